The van der Waals surface area contributed by atoms with Crippen LogP contribution in [-0.4, -0.2) is 24.1 Å². The fraction of sp³-hybridized carbons (Fsp3) is 0.533. The smallest absolute Gasteiger partial charge is 0.147 e. The second kappa shape index (κ2) is 7.14. The van der Waals surface area contributed by atoms with Crippen LogP contribution < -0.4 is 11.1 Å². The van der Waals surface area contributed by atoms with E-state index in [1.54, 1.807) is 0 Å². The molecule has 1 unspecified atom stereocenters. The predicted molar refractivity (Wildman–Crippen MR) is 79.5 cm³/mol. The van der Waals surface area contributed by atoms with Crippen molar-refractivity contribution >= 4 is 5.84 Å². The first kappa shape index (κ1) is 15.5. The minimum absolute atomic E-state index is 0.0983. The monoisotopic (exact) mass is 263 g/mol. The van der Waals surface area contributed by atoms with Crippen LogP contribution >= 0.6 is 0 Å². The summed E-state index contributed by atoms with van der Waals surface area (Å²) in [5.74, 6) is 0.145. The number of nitrogens with one attached hydrogen (secondary N) is 1. The summed E-state index contributed by atoms with van der Waals surface area (Å²) in [6.45, 7) is 8.21. The van der Waals surface area contributed by atoms with Crippen molar-refractivity contribution in [3.63, 3.8) is 0 Å². The number of oxime groups is 1. The number of hydrogen-bond acceptors (Lipinski definition) is 3. The molecule has 1 aromatic carbocycles. The van der Waals surface area contributed by atoms with Gasteiger partial charge in [0.1, 0.15) is 5.84 Å². The van der Waals surface area contributed by atoms with E-state index in [2.05, 4.69) is 31.2 Å². The second-order valence-electron chi connectivity index (χ2n) is 5.64. The average molecular weight is 263 g/mol. The Morgan fingerprint density at radius 1 is 1.37 bits per heavy atom. The number of rotatable bonds is 7. The van der Waals surface area contributed by atoms with Crippen LogP contribution in [0.25, 0.3) is 0 Å². The molecule has 0 bridgehead atoms. The molecule has 4 nitrogen and oxygen atoms in total. The molecule has 4 heteroatoms. The van der Waals surface area contributed by atoms with Gasteiger partial charge in [0, 0.05) is 13.1 Å². The van der Waals surface area contributed by atoms with Crippen molar-refractivity contribution in [1.29, 1.82) is 0 Å². The average Bonchev–Trinajstić information content (AvgIpc) is 2.44. The third kappa shape index (κ3) is 4.91. The molecule has 4 N–H and O–H groups in total. The van der Waals surface area contributed by atoms with Gasteiger partial charge in [0.2, 0.25) is 0 Å². The molecule has 1 atom stereocenters. The Labute approximate surface area is 115 Å². The van der Waals surface area contributed by atoms with Gasteiger partial charge in [-0.05, 0) is 17.4 Å². The van der Waals surface area contributed by atoms with Gasteiger partial charge in [-0.2, -0.15) is 0 Å². The van der Waals surface area contributed by atoms with Gasteiger partial charge in [-0.25, -0.2) is 0 Å². The zero-order valence-electron chi connectivity index (χ0n) is 12.1. The van der Waals surface area contributed by atoms with Crippen LogP contribution in [0.2, 0.25) is 0 Å². The van der Waals surface area contributed by atoms with E-state index in [0.717, 1.165) is 18.5 Å². The van der Waals surface area contributed by atoms with Crippen LogP contribution in [0.3, 0.4) is 0 Å². The molecule has 0 fully saturated rings. The minimum atomic E-state index is -0.0983. The fourth-order valence-electron chi connectivity index (χ4n) is 1.83. The highest BCUT2D eigenvalue weighted by Crippen LogP contribution is 2.19. The van der Waals surface area contributed by atoms with E-state index in [1.807, 2.05) is 30.3 Å². The van der Waals surface area contributed by atoms with Gasteiger partial charge >= 0.3 is 0 Å². The lowest BCUT2D eigenvalue weighted by Gasteiger charge is -2.25. The van der Waals surface area contributed by atoms with E-state index in [0.29, 0.717) is 6.54 Å². The quantitative estimate of drug-likeness (QED) is 0.306. The molecule has 0 saturated carbocycles. The standard InChI is InChI=1S/C15H25N3O/c1-4-15(2,3)11-17-10-13(14(16)18-19)12-8-6-5-7-9-12/h5-9,13,17,19H,4,10-11H2,1-3H3,(H2,16,18). The van der Waals surface area contributed by atoms with Crippen LogP contribution in [-0.2, 0) is 0 Å². The van der Waals surface area contributed by atoms with E-state index in [1.165, 1.54) is 0 Å². The van der Waals surface area contributed by atoms with Crippen molar-refractivity contribution < 1.29 is 5.21 Å². The van der Waals surface area contributed by atoms with Crippen LogP contribution in [0.4, 0.5) is 0 Å². The number of benzene rings is 1. The first-order valence-electron chi connectivity index (χ1n) is 6.73. The summed E-state index contributed by atoms with van der Waals surface area (Å²) in [6.07, 6.45) is 1.11. The summed E-state index contributed by atoms with van der Waals surface area (Å²) in [4.78, 5) is 0. The lowest BCUT2D eigenvalue weighted by atomic mass is 9.90. The number of nitrogens with zero attached hydrogens (tertiary/aromatic N) is 1. The maximum atomic E-state index is 8.91. The SMILES string of the molecule is CCC(C)(C)CNCC(/C(N)=N/O)c1ccccc1. The van der Waals surface area contributed by atoms with Crippen LogP contribution in [0, 0.1) is 5.41 Å². The molecular weight excluding hydrogens is 238 g/mol. The first-order valence-corrected chi connectivity index (χ1v) is 6.73. The van der Waals surface area contributed by atoms with Crippen molar-refractivity contribution in [2.24, 2.45) is 16.3 Å². The Morgan fingerprint density at radius 3 is 2.53 bits per heavy atom. The predicted octanol–water partition coefficient (Wildman–Crippen LogP) is 2.54. The van der Waals surface area contributed by atoms with Gasteiger partial charge in [0.25, 0.3) is 0 Å². The summed E-state index contributed by atoms with van der Waals surface area (Å²) < 4.78 is 0. The molecule has 0 aliphatic rings. The maximum Gasteiger partial charge on any atom is 0.147 e. The highest BCUT2D eigenvalue weighted by molar-refractivity contribution is 5.87. The second-order valence-corrected chi connectivity index (χ2v) is 5.64. The first-order chi connectivity index (χ1) is 9.00. The molecule has 0 aliphatic carbocycles. The van der Waals surface area contributed by atoms with E-state index in [-0.39, 0.29) is 17.2 Å². The third-order valence-electron chi connectivity index (χ3n) is 3.58. The van der Waals surface area contributed by atoms with Crippen molar-refractivity contribution in [2.45, 2.75) is 33.1 Å². The van der Waals surface area contributed by atoms with Crippen LogP contribution in [0.15, 0.2) is 35.5 Å². The van der Waals surface area contributed by atoms with Crippen LogP contribution in [0.1, 0.15) is 38.7 Å². The molecule has 0 spiro atoms. The van der Waals surface area contributed by atoms with E-state index in [9.17, 15) is 0 Å². The Hall–Kier alpha value is -1.55. The molecule has 0 radical (unpaired) electrons. The maximum absolute atomic E-state index is 8.91. The van der Waals surface area contributed by atoms with Gasteiger partial charge in [-0.1, -0.05) is 56.3 Å². The van der Waals surface area contributed by atoms with Gasteiger partial charge in [0.15, 0.2) is 0 Å². The third-order valence-corrected chi connectivity index (χ3v) is 3.58. The fourth-order valence-corrected chi connectivity index (χ4v) is 1.83. The molecule has 0 heterocycles. The van der Waals surface area contributed by atoms with E-state index < -0.39 is 0 Å². The molecular formula is C15H25N3O. The lowest BCUT2D eigenvalue weighted by molar-refractivity contribution is 0.312. The van der Waals surface area contributed by atoms with Gasteiger partial charge in [0.05, 0.1) is 5.92 Å². The molecule has 1 rings (SSSR count). The van der Waals surface area contributed by atoms with E-state index in [4.69, 9.17) is 10.9 Å². The summed E-state index contributed by atoms with van der Waals surface area (Å²) in [5, 5.41) is 15.5. The highest BCUT2D eigenvalue weighted by Gasteiger charge is 2.19. The number of nitrogens with two attached hydrogens (primary N) is 1. The molecule has 0 aliphatic heterocycles. The Morgan fingerprint density at radius 2 is 2.00 bits per heavy atom. The summed E-state index contributed by atoms with van der Waals surface area (Å²) in [6, 6.07) is 9.87. The van der Waals surface area contributed by atoms with Crippen molar-refractivity contribution in [3.8, 4) is 0 Å². The van der Waals surface area contributed by atoms with E-state index >= 15 is 0 Å². The van der Waals surface area contributed by atoms with Crippen molar-refractivity contribution in [3.05, 3.63) is 35.9 Å². The minimum Gasteiger partial charge on any atom is -0.409 e. The molecule has 106 valence electrons. The highest BCUT2D eigenvalue weighted by atomic mass is 16.4. The Kier molecular flexibility index (Phi) is 5.83. The molecule has 0 amide bonds. The van der Waals surface area contributed by atoms with Gasteiger partial charge < -0.3 is 16.3 Å². The summed E-state index contributed by atoms with van der Waals surface area (Å²) in [5.41, 5.74) is 7.10. The summed E-state index contributed by atoms with van der Waals surface area (Å²) >= 11 is 0. The van der Waals surface area contributed by atoms with Gasteiger partial charge in [-0.15, -0.1) is 0 Å². The van der Waals surface area contributed by atoms with Crippen molar-refractivity contribution in [1.82, 2.24) is 5.32 Å². The Bertz CT molecular complexity index is 401. The number of hydrogen-bond donors (Lipinski definition) is 3. The zero-order valence-corrected chi connectivity index (χ0v) is 12.1. The van der Waals surface area contributed by atoms with Gasteiger partial charge in [-0.3, -0.25) is 0 Å². The lowest BCUT2D eigenvalue weighted by Crippen LogP contribution is -2.36. The normalized spacial score (nSPS) is 14.4. The topological polar surface area (TPSA) is 70.6 Å². The molecule has 19 heavy (non-hydrogen) atoms. The molecule has 0 aromatic heterocycles. The molecule has 1 aromatic rings. The van der Waals surface area contributed by atoms with Crippen molar-refractivity contribution in [2.75, 3.05) is 13.1 Å². The molecule has 0 saturated heterocycles. The zero-order chi connectivity index (χ0) is 14.3. The Balaban J connectivity index is 2.68. The number of amidine groups is 1. The van der Waals surface area contributed by atoms with Crippen LogP contribution in [0.5, 0.6) is 0 Å². The summed E-state index contributed by atoms with van der Waals surface area (Å²) in [7, 11) is 0. The largest absolute Gasteiger partial charge is 0.409 e.